The van der Waals surface area contributed by atoms with E-state index in [2.05, 4.69) is 0 Å². The Morgan fingerprint density at radius 1 is 0.375 bits per heavy atom. The van der Waals surface area contributed by atoms with E-state index < -0.39 is 40.5 Å². The van der Waals surface area contributed by atoms with Crippen LogP contribution in [0.5, 0.6) is 0 Å². The third-order valence-corrected chi connectivity index (χ3v) is 5.51. The maximum Gasteiger partial charge on any atom is 0.200 e. The molecule has 0 nitrogen and oxygen atoms in total. The first kappa shape index (κ1) is 20.1. The van der Waals surface area contributed by atoms with Gasteiger partial charge in [0, 0.05) is 5.56 Å². The number of rotatable bonds is 2. The van der Waals surface area contributed by atoms with E-state index in [1.807, 2.05) is 0 Å². The molecule has 5 aromatic carbocycles. The first-order valence-electron chi connectivity index (χ1n) is 9.61. The molecular formula is C26H12F6. The second-order valence-electron chi connectivity index (χ2n) is 7.30. The first-order chi connectivity index (χ1) is 15.4. The predicted octanol–water partition coefficient (Wildman–Crippen LogP) is 8.16. The molecule has 6 heteroatoms. The van der Waals surface area contributed by atoms with Crippen molar-refractivity contribution < 1.29 is 26.3 Å². The summed E-state index contributed by atoms with van der Waals surface area (Å²) in [6.07, 6.45) is 0. The van der Waals surface area contributed by atoms with Gasteiger partial charge in [-0.05, 0) is 44.8 Å². The molecule has 0 fully saturated rings. The smallest absolute Gasteiger partial charge is 0.200 e. The lowest BCUT2D eigenvalue weighted by atomic mass is 9.85. The van der Waals surface area contributed by atoms with E-state index in [4.69, 9.17) is 0 Å². The maximum absolute atomic E-state index is 14.9. The number of fused-ring (bicyclic) bond motifs is 2. The highest BCUT2D eigenvalue weighted by molar-refractivity contribution is 6.21. The second kappa shape index (κ2) is 7.41. The Morgan fingerprint density at radius 2 is 0.875 bits per heavy atom. The molecule has 0 saturated heterocycles. The van der Waals surface area contributed by atoms with E-state index in [1.54, 1.807) is 48.5 Å². The molecule has 0 bridgehead atoms. The largest absolute Gasteiger partial charge is 0.207 e. The average Bonchev–Trinajstić information content (AvgIpc) is 2.81. The van der Waals surface area contributed by atoms with Crippen molar-refractivity contribution in [3.63, 3.8) is 0 Å². The van der Waals surface area contributed by atoms with Gasteiger partial charge in [0.2, 0.25) is 5.82 Å². The summed E-state index contributed by atoms with van der Waals surface area (Å²) in [5.41, 5.74) is 0.0588. The highest BCUT2D eigenvalue weighted by atomic mass is 19.2. The summed E-state index contributed by atoms with van der Waals surface area (Å²) in [6, 6.07) is 19.0. The van der Waals surface area contributed by atoms with Crippen molar-refractivity contribution in [3.8, 4) is 22.3 Å². The van der Waals surface area contributed by atoms with E-state index in [0.717, 1.165) is 6.07 Å². The lowest BCUT2D eigenvalue weighted by Crippen LogP contribution is -2.05. The molecule has 0 aliphatic carbocycles. The Balaban J connectivity index is 2.07. The van der Waals surface area contributed by atoms with Gasteiger partial charge in [0.05, 0.1) is 5.56 Å². The molecule has 0 aliphatic rings. The minimum atomic E-state index is -2.23. The van der Waals surface area contributed by atoms with E-state index >= 15 is 0 Å². The summed E-state index contributed by atoms with van der Waals surface area (Å²) >= 11 is 0. The van der Waals surface area contributed by atoms with Gasteiger partial charge in [-0.15, -0.1) is 0 Å². The quantitative estimate of drug-likeness (QED) is 0.113. The van der Waals surface area contributed by atoms with Crippen LogP contribution in [-0.4, -0.2) is 0 Å². The zero-order chi connectivity index (χ0) is 22.6. The van der Waals surface area contributed by atoms with Crippen molar-refractivity contribution in [1.82, 2.24) is 0 Å². The van der Waals surface area contributed by atoms with Crippen molar-refractivity contribution in [2.24, 2.45) is 0 Å². The molecule has 158 valence electrons. The molecule has 0 spiro atoms. The summed E-state index contributed by atoms with van der Waals surface area (Å²) in [5.74, 6) is -10.8. The molecule has 0 heterocycles. The van der Waals surface area contributed by atoms with Gasteiger partial charge in [-0.25, -0.2) is 26.3 Å². The van der Waals surface area contributed by atoms with Gasteiger partial charge in [0.25, 0.3) is 0 Å². The third-order valence-electron chi connectivity index (χ3n) is 5.51. The molecule has 5 rings (SSSR count). The Bertz CT molecular complexity index is 1490. The number of hydrogen-bond acceptors (Lipinski definition) is 0. The van der Waals surface area contributed by atoms with Gasteiger partial charge in [0.1, 0.15) is 5.82 Å². The van der Waals surface area contributed by atoms with E-state index in [9.17, 15) is 26.3 Å². The van der Waals surface area contributed by atoms with E-state index in [0.29, 0.717) is 16.5 Å². The zero-order valence-electron chi connectivity index (χ0n) is 16.2. The predicted molar refractivity (Wildman–Crippen MR) is 112 cm³/mol. The van der Waals surface area contributed by atoms with Gasteiger partial charge in [-0.1, -0.05) is 60.7 Å². The van der Waals surface area contributed by atoms with Crippen LogP contribution in [0.25, 0.3) is 43.8 Å². The van der Waals surface area contributed by atoms with Crippen LogP contribution < -0.4 is 0 Å². The SMILES string of the molecule is Fc1ccc2c(-c3c(F)c(F)c(F)c(F)c3F)c3ccccc3c(-c3ccccc3)c2c1. The highest BCUT2D eigenvalue weighted by Crippen LogP contribution is 2.45. The van der Waals surface area contributed by atoms with Crippen molar-refractivity contribution in [2.45, 2.75) is 0 Å². The van der Waals surface area contributed by atoms with Crippen molar-refractivity contribution in [2.75, 3.05) is 0 Å². The van der Waals surface area contributed by atoms with Crippen molar-refractivity contribution >= 4 is 21.5 Å². The van der Waals surface area contributed by atoms with Crippen molar-refractivity contribution in [3.05, 3.63) is 108 Å². The topological polar surface area (TPSA) is 0 Å². The average molecular weight is 438 g/mol. The summed E-state index contributed by atoms with van der Waals surface area (Å²) in [6.45, 7) is 0. The molecule has 32 heavy (non-hydrogen) atoms. The van der Waals surface area contributed by atoms with Gasteiger partial charge in [0.15, 0.2) is 23.3 Å². The van der Waals surface area contributed by atoms with Crippen LogP contribution in [0.3, 0.4) is 0 Å². The maximum atomic E-state index is 14.9. The molecule has 0 atom stereocenters. The van der Waals surface area contributed by atoms with Gasteiger partial charge < -0.3 is 0 Å². The number of halogens is 6. The fourth-order valence-electron chi connectivity index (χ4n) is 4.16. The van der Waals surface area contributed by atoms with Crippen molar-refractivity contribution in [1.29, 1.82) is 0 Å². The fourth-order valence-corrected chi connectivity index (χ4v) is 4.16. The van der Waals surface area contributed by atoms with Gasteiger partial charge in [-0.2, -0.15) is 0 Å². The van der Waals surface area contributed by atoms with Gasteiger partial charge >= 0.3 is 0 Å². The summed E-state index contributed by atoms with van der Waals surface area (Å²) < 4.78 is 85.8. The number of hydrogen-bond donors (Lipinski definition) is 0. The lowest BCUT2D eigenvalue weighted by molar-refractivity contribution is 0.381. The van der Waals surface area contributed by atoms with Gasteiger partial charge in [-0.3, -0.25) is 0 Å². The molecule has 5 aromatic rings. The van der Waals surface area contributed by atoms with Crippen LogP contribution >= 0.6 is 0 Å². The molecule has 0 N–H and O–H groups in total. The van der Waals surface area contributed by atoms with Crippen LogP contribution in [0.15, 0.2) is 72.8 Å². The minimum absolute atomic E-state index is 0.159. The Kier molecular flexibility index (Phi) is 4.66. The standard InChI is InChI=1S/C26H12F6/c27-14-10-11-17-18(12-14)19(13-6-2-1-3-7-13)15-8-4-5-9-16(15)20(17)21-22(28)24(30)26(32)25(31)23(21)29/h1-12H. The first-order valence-corrected chi connectivity index (χ1v) is 9.61. The summed E-state index contributed by atoms with van der Waals surface area (Å²) in [7, 11) is 0. The van der Waals surface area contributed by atoms with Crippen LogP contribution in [0.2, 0.25) is 0 Å². The zero-order valence-corrected chi connectivity index (χ0v) is 16.2. The van der Waals surface area contributed by atoms with E-state index in [1.165, 1.54) is 18.2 Å². The summed E-state index contributed by atoms with van der Waals surface area (Å²) in [5, 5.41) is 1.20. The number of benzene rings is 5. The van der Waals surface area contributed by atoms with Crippen LogP contribution in [0.4, 0.5) is 26.3 Å². The molecule has 0 aromatic heterocycles. The normalized spacial score (nSPS) is 11.4. The summed E-state index contributed by atoms with van der Waals surface area (Å²) in [4.78, 5) is 0. The highest BCUT2D eigenvalue weighted by Gasteiger charge is 2.29. The Hall–Kier alpha value is -3.80. The molecule has 0 unspecified atom stereocenters. The Labute approximate surface area is 178 Å². The fraction of sp³-hybridized carbons (Fsp3) is 0. The lowest BCUT2D eigenvalue weighted by Gasteiger charge is -2.19. The molecular weight excluding hydrogens is 426 g/mol. The van der Waals surface area contributed by atoms with Crippen LogP contribution in [0.1, 0.15) is 0 Å². The molecule has 0 amide bonds. The molecule has 0 radical (unpaired) electrons. The van der Waals surface area contributed by atoms with Crippen LogP contribution in [-0.2, 0) is 0 Å². The monoisotopic (exact) mass is 438 g/mol. The second-order valence-corrected chi connectivity index (χ2v) is 7.30. The molecule has 0 saturated carbocycles. The molecule has 0 aliphatic heterocycles. The third kappa shape index (κ3) is 2.87. The van der Waals surface area contributed by atoms with E-state index in [-0.39, 0.29) is 21.7 Å². The Morgan fingerprint density at radius 3 is 1.50 bits per heavy atom. The minimum Gasteiger partial charge on any atom is -0.207 e. The van der Waals surface area contributed by atoms with Crippen LogP contribution in [0, 0.1) is 34.9 Å².